The molecule has 3 heteroatoms. The van der Waals surface area contributed by atoms with E-state index in [-0.39, 0.29) is 0 Å². The molecule has 74 valence electrons. The Hall–Kier alpha value is -0.830. The van der Waals surface area contributed by atoms with Crippen molar-refractivity contribution < 1.29 is 0 Å². The molecule has 0 aromatic carbocycles. The van der Waals surface area contributed by atoms with Crippen LogP contribution in [0, 0.1) is 6.92 Å². The van der Waals surface area contributed by atoms with Gasteiger partial charge >= 0.3 is 0 Å². The molecule has 0 atom stereocenters. The molecule has 13 heavy (non-hydrogen) atoms. The Morgan fingerprint density at radius 1 is 1.54 bits per heavy atom. The minimum absolute atomic E-state index is 0.453. The van der Waals surface area contributed by atoms with Crippen LogP contribution >= 0.6 is 0 Å². The summed E-state index contributed by atoms with van der Waals surface area (Å²) in [6.45, 7) is 10.4. The molecule has 1 N–H and O–H groups in total. The number of nitrogens with one attached hydrogen (secondary N) is 1. The van der Waals surface area contributed by atoms with E-state index in [1.807, 2.05) is 4.68 Å². The molecule has 0 saturated heterocycles. The molecule has 0 bridgehead atoms. The average Bonchev–Trinajstić information content (AvgIpc) is 2.44. The van der Waals surface area contributed by atoms with E-state index >= 15 is 0 Å². The highest BCUT2D eigenvalue weighted by atomic mass is 15.3. The first-order valence-corrected chi connectivity index (χ1v) is 4.90. The van der Waals surface area contributed by atoms with Gasteiger partial charge in [-0.1, -0.05) is 6.92 Å². The van der Waals surface area contributed by atoms with Crippen molar-refractivity contribution in [1.82, 2.24) is 15.1 Å². The zero-order chi connectivity index (χ0) is 9.84. The van der Waals surface area contributed by atoms with E-state index in [1.165, 1.54) is 5.56 Å². The van der Waals surface area contributed by atoms with E-state index in [1.54, 1.807) is 0 Å². The monoisotopic (exact) mass is 181 g/mol. The average molecular weight is 181 g/mol. The summed E-state index contributed by atoms with van der Waals surface area (Å²) in [5, 5.41) is 7.74. The van der Waals surface area contributed by atoms with Gasteiger partial charge in [-0.3, -0.25) is 4.68 Å². The Bertz CT molecular complexity index is 263. The zero-order valence-corrected chi connectivity index (χ0v) is 8.96. The van der Waals surface area contributed by atoms with Crippen LogP contribution in [0.25, 0.3) is 0 Å². The summed E-state index contributed by atoms with van der Waals surface area (Å²) < 4.78 is 2.02. The quantitative estimate of drug-likeness (QED) is 0.768. The number of hydrogen-bond acceptors (Lipinski definition) is 2. The predicted octanol–water partition coefficient (Wildman–Crippen LogP) is 1.88. The fourth-order valence-electron chi connectivity index (χ4n) is 1.22. The van der Waals surface area contributed by atoms with E-state index in [0.29, 0.717) is 6.04 Å². The van der Waals surface area contributed by atoms with E-state index in [4.69, 9.17) is 0 Å². The molecule has 0 aliphatic heterocycles. The van der Waals surface area contributed by atoms with Crippen LogP contribution < -0.4 is 5.32 Å². The van der Waals surface area contributed by atoms with Crippen molar-refractivity contribution in [2.24, 2.45) is 0 Å². The van der Waals surface area contributed by atoms with E-state index in [2.05, 4.69) is 44.3 Å². The molecule has 0 aliphatic carbocycles. The predicted molar refractivity (Wildman–Crippen MR) is 54.7 cm³/mol. The summed E-state index contributed by atoms with van der Waals surface area (Å²) in [5.41, 5.74) is 2.44. The van der Waals surface area contributed by atoms with Crippen molar-refractivity contribution in [2.75, 3.05) is 6.54 Å². The minimum Gasteiger partial charge on any atom is -0.313 e. The SMILES string of the molecule is CCNCc1cn(C(C)C)nc1C. The molecule has 1 aromatic heterocycles. The minimum atomic E-state index is 0.453. The molecule has 1 rings (SSSR count). The van der Waals surface area contributed by atoms with Gasteiger partial charge in [-0.05, 0) is 27.3 Å². The Kier molecular flexibility index (Phi) is 3.48. The Balaban J connectivity index is 2.71. The number of rotatable bonds is 4. The lowest BCUT2D eigenvalue weighted by Crippen LogP contribution is -2.11. The summed E-state index contributed by atoms with van der Waals surface area (Å²) in [7, 11) is 0. The molecule has 0 radical (unpaired) electrons. The maximum atomic E-state index is 4.44. The normalized spacial score (nSPS) is 11.2. The van der Waals surface area contributed by atoms with Crippen molar-refractivity contribution >= 4 is 0 Å². The van der Waals surface area contributed by atoms with Crippen LogP contribution in [-0.2, 0) is 6.54 Å². The van der Waals surface area contributed by atoms with Crippen LogP contribution in [0.2, 0.25) is 0 Å². The Morgan fingerprint density at radius 2 is 2.23 bits per heavy atom. The van der Waals surface area contributed by atoms with Crippen molar-refractivity contribution in [3.05, 3.63) is 17.5 Å². The smallest absolute Gasteiger partial charge is 0.0638 e. The largest absolute Gasteiger partial charge is 0.313 e. The topological polar surface area (TPSA) is 29.9 Å². The molecule has 0 saturated carbocycles. The molecule has 0 amide bonds. The maximum absolute atomic E-state index is 4.44. The van der Waals surface area contributed by atoms with Gasteiger partial charge in [0.25, 0.3) is 0 Å². The highest BCUT2D eigenvalue weighted by molar-refractivity contribution is 5.15. The molecule has 1 heterocycles. The lowest BCUT2D eigenvalue weighted by Gasteiger charge is -2.03. The van der Waals surface area contributed by atoms with Gasteiger partial charge in [-0.25, -0.2) is 0 Å². The summed E-state index contributed by atoms with van der Waals surface area (Å²) >= 11 is 0. The summed E-state index contributed by atoms with van der Waals surface area (Å²) in [5.74, 6) is 0. The number of aryl methyl sites for hydroxylation is 1. The van der Waals surface area contributed by atoms with E-state index in [9.17, 15) is 0 Å². The summed E-state index contributed by atoms with van der Waals surface area (Å²) in [4.78, 5) is 0. The van der Waals surface area contributed by atoms with Gasteiger partial charge in [0, 0.05) is 24.3 Å². The zero-order valence-electron chi connectivity index (χ0n) is 8.96. The molecular formula is C10H19N3. The molecule has 0 fully saturated rings. The van der Waals surface area contributed by atoms with Crippen molar-refractivity contribution in [2.45, 2.75) is 40.3 Å². The van der Waals surface area contributed by atoms with Crippen molar-refractivity contribution in [3.63, 3.8) is 0 Å². The van der Waals surface area contributed by atoms with Crippen LogP contribution in [0.4, 0.5) is 0 Å². The molecule has 0 spiro atoms. The summed E-state index contributed by atoms with van der Waals surface area (Å²) in [6, 6.07) is 0.453. The fourth-order valence-corrected chi connectivity index (χ4v) is 1.22. The first kappa shape index (κ1) is 10.3. The van der Waals surface area contributed by atoms with Gasteiger partial charge in [-0.15, -0.1) is 0 Å². The first-order valence-electron chi connectivity index (χ1n) is 4.90. The fraction of sp³-hybridized carbons (Fsp3) is 0.700. The molecule has 0 aliphatic rings. The number of aromatic nitrogens is 2. The van der Waals surface area contributed by atoms with E-state index in [0.717, 1.165) is 18.8 Å². The lowest BCUT2D eigenvalue weighted by atomic mass is 10.2. The van der Waals surface area contributed by atoms with Gasteiger partial charge in [0.1, 0.15) is 0 Å². The Morgan fingerprint density at radius 3 is 2.69 bits per heavy atom. The highest BCUT2D eigenvalue weighted by Crippen LogP contribution is 2.09. The third-order valence-electron chi connectivity index (χ3n) is 2.11. The van der Waals surface area contributed by atoms with Gasteiger partial charge in [0.2, 0.25) is 0 Å². The van der Waals surface area contributed by atoms with Crippen LogP contribution in [0.15, 0.2) is 6.20 Å². The van der Waals surface area contributed by atoms with Crippen LogP contribution in [-0.4, -0.2) is 16.3 Å². The van der Waals surface area contributed by atoms with E-state index < -0.39 is 0 Å². The first-order chi connectivity index (χ1) is 6.15. The molecular weight excluding hydrogens is 162 g/mol. The lowest BCUT2D eigenvalue weighted by molar-refractivity contribution is 0.528. The number of nitrogens with zero attached hydrogens (tertiary/aromatic N) is 2. The second-order valence-corrected chi connectivity index (χ2v) is 3.59. The second kappa shape index (κ2) is 4.42. The summed E-state index contributed by atoms with van der Waals surface area (Å²) in [6.07, 6.45) is 2.13. The molecule has 0 unspecified atom stereocenters. The van der Waals surface area contributed by atoms with Gasteiger partial charge in [0.15, 0.2) is 0 Å². The molecule has 1 aromatic rings. The van der Waals surface area contributed by atoms with Crippen LogP contribution in [0.3, 0.4) is 0 Å². The van der Waals surface area contributed by atoms with Gasteiger partial charge < -0.3 is 5.32 Å². The third kappa shape index (κ3) is 2.56. The van der Waals surface area contributed by atoms with Crippen molar-refractivity contribution in [1.29, 1.82) is 0 Å². The van der Waals surface area contributed by atoms with Crippen molar-refractivity contribution in [3.8, 4) is 0 Å². The Labute approximate surface area is 80.1 Å². The maximum Gasteiger partial charge on any atom is 0.0638 e. The highest BCUT2D eigenvalue weighted by Gasteiger charge is 2.05. The standard InChI is InChI=1S/C10H19N3/c1-5-11-6-10-7-13(8(2)3)12-9(10)4/h7-8,11H,5-6H2,1-4H3. The number of hydrogen-bond donors (Lipinski definition) is 1. The van der Waals surface area contributed by atoms with Crippen LogP contribution in [0.5, 0.6) is 0 Å². The third-order valence-corrected chi connectivity index (χ3v) is 2.11. The van der Waals surface area contributed by atoms with Gasteiger partial charge in [-0.2, -0.15) is 5.10 Å². The second-order valence-electron chi connectivity index (χ2n) is 3.59. The molecule has 3 nitrogen and oxygen atoms in total. The van der Waals surface area contributed by atoms with Gasteiger partial charge in [0.05, 0.1) is 5.69 Å². The van der Waals surface area contributed by atoms with Crippen LogP contribution in [0.1, 0.15) is 38.1 Å².